The molecule has 2 amide bonds. The first-order valence-corrected chi connectivity index (χ1v) is 10.8. The van der Waals surface area contributed by atoms with E-state index in [0.717, 1.165) is 12.8 Å². The highest BCUT2D eigenvalue weighted by Crippen LogP contribution is 2.34. The molecule has 10 heteroatoms. The number of nitrogens with zero attached hydrogens (tertiary/aromatic N) is 2. The van der Waals surface area contributed by atoms with Gasteiger partial charge in [-0.2, -0.15) is 8.78 Å². The molecule has 8 nitrogen and oxygen atoms in total. The highest BCUT2D eigenvalue weighted by molar-refractivity contribution is 5.98. The average Bonchev–Trinajstić information content (AvgIpc) is 3.53. The Morgan fingerprint density at radius 3 is 2.66 bits per heavy atom. The molecule has 2 fully saturated rings. The molecule has 3 rings (SSSR count). The van der Waals surface area contributed by atoms with Gasteiger partial charge in [0.25, 0.3) is 5.91 Å². The zero-order chi connectivity index (χ0) is 23.5. The van der Waals surface area contributed by atoms with E-state index in [1.165, 1.54) is 17.0 Å². The fourth-order valence-corrected chi connectivity index (χ4v) is 3.82. The van der Waals surface area contributed by atoms with Gasteiger partial charge in [-0.15, -0.1) is 0 Å². The van der Waals surface area contributed by atoms with Gasteiger partial charge in [-0.3, -0.25) is 14.5 Å². The van der Waals surface area contributed by atoms with E-state index in [1.54, 1.807) is 6.07 Å². The summed E-state index contributed by atoms with van der Waals surface area (Å²) in [5.74, 6) is -0.867. The highest BCUT2D eigenvalue weighted by atomic mass is 19.3. The van der Waals surface area contributed by atoms with Crippen molar-refractivity contribution in [2.75, 3.05) is 43.1 Å². The summed E-state index contributed by atoms with van der Waals surface area (Å²) >= 11 is 0. The third kappa shape index (κ3) is 6.36. The summed E-state index contributed by atoms with van der Waals surface area (Å²) < 4.78 is 35.9. The van der Waals surface area contributed by atoms with E-state index < -0.39 is 12.7 Å². The number of rotatable bonds is 9. The van der Waals surface area contributed by atoms with Gasteiger partial charge >= 0.3 is 6.61 Å². The minimum Gasteiger partial charge on any atom is -0.433 e. The lowest BCUT2D eigenvalue weighted by Gasteiger charge is -2.35. The summed E-state index contributed by atoms with van der Waals surface area (Å²) in [4.78, 5) is 28.8. The van der Waals surface area contributed by atoms with Gasteiger partial charge in [0.15, 0.2) is 5.75 Å². The van der Waals surface area contributed by atoms with E-state index >= 15 is 0 Å². The molecule has 3 N–H and O–H groups in total. The summed E-state index contributed by atoms with van der Waals surface area (Å²) in [6, 6.07) is 4.08. The molecule has 0 aromatic heterocycles. The summed E-state index contributed by atoms with van der Waals surface area (Å²) in [5.41, 5.74) is 6.42. The third-order valence-electron chi connectivity index (χ3n) is 5.34. The SMILES string of the molecule is CC(C)(C)CN(C1CC1)[C@H](CN)C(=O)Nc1ccc(N2CCOCC2=O)cc1OC(F)F. The molecule has 178 valence electrons. The van der Waals surface area contributed by atoms with Crippen molar-refractivity contribution in [3.8, 4) is 5.75 Å². The fourth-order valence-electron chi connectivity index (χ4n) is 3.82. The van der Waals surface area contributed by atoms with Crippen molar-refractivity contribution in [1.82, 2.24) is 4.90 Å². The second-order valence-electron chi connectivity index (χ2n) is 9.36. The van der Waals surface area contributed by atoms with Crippen molar-refractivity contribution in [2.24, 2.45) is 11.1 Å². The fraction of sp³-hybridized carbons (Fsp3) is 0.636. The number of morpholine rings is 1. The molecular weight excluding hydrogens is 422 g/mol. The van der Waals surface area contributed by atoms with Crippen LogP contribution in [0.1, 0.15) is 33.6 Å². The Morgan fingerprint density at radius 1 is 1.38 bits per heavy atom. The quantitative estimate of drug-likeness (QED) is 0.595. The van der Waals surface area contributed by atoms with Crippen LogP contribution < -0.4 is 20.7 Å². The van der Waals surface area contributed by atoms with E-state index in [4.69, 9.17) is 10.5 Å². The van der Waals surface area contributed by atoms with Crippen LogP contribution in [0.25, 0.3) is 0 Å². The summed E-state index contributed by atoms with van der Waals surface area (Å²) in [7, 11) is 0. The zero-order valence-corrected chi connectivity index (χ0v) is 18.8. The lowest BCUT2D eigenvalue weighted by atomic mass is 9.95. The monoisotopic (exact) mass is 454 g/mol. The lowest BCUT2D eigenvalue weighted by Crippen LogP contribution is -2.52. The first kappa shape index (κ1) is 24.3. The minimum atomic E-state index is -3.09. The van der Waals surface area contributed by atoms with E-state index in [9.17, 15) is 18.4 Å². The number of halogens is 2. The van der Waals surface area contributed by atoms with Crippen LogP contribution in [0, 0.1) is 5.41 Å². The van der Waals surface area contributed by atoms with Crippen molar-refractivity contribution in [3.05, 3.63) is 18.2 Å². The number of benzene rings is 1. The lowest BCUT2D eigenvalue weighted by molar-refractivity contribution is -0.125. The Hall–Kier alpha value is -2.30. The molecule has 1 aliphatic carbocycles. The Bertz CT molecular complexity index is 827. The van der Waals surface area contributed by atoms with Gasteiger partial charge in [-0.05, 0) is 30.4 Å². The molecule has 0 unspecified atom stereocenters. The molecule has 0 bridgehead atoms. The maximum atomic E-state index is 13.1. The first-order valence-electron chi connectivity index (χ1n) is 10.8. The summed E-state index contributed by atoms with van der Waals surface area (Å²) in [6.45, 7) is 4.54. The molecule has 1 heterocycles. The second kappa shape index (κ2) is 10.1. The van der Waals surface area contributed by atoms with E-state index in [1.807, 2.05) is 0 Å². The number of carbonyl (C=O) groups is 2. The number of nitrogens with two attached hydrogens (primary N) is 1. The predicted octanol–water partition coefficient (Wildman–Crippen LogP) is 2.43. The van der Waals surface area contributed by atoms with Gasteiger partial charge < -0.3 is 25.4 Å². The molecule has 1 aromatic carbocycles. The van der Waals surface area contributed by atoms with Gasteiger partial charge in [0.2, 0.25) is 5.91 Å². The maximum Gasteiger partial charge on any atom is 0.387 e. The van der Waals surface area contributed by atoms with E-state index in [-0.39, 0.29) is 41.8 Å². The number of carbonyl (C=O) groups excluding carboxylic acids is 2. The molecular formula is C22H32F2N4O4. The number of anilines is 2. The second-order valence-corrected chi connectivity index (χ2v) is 9.36. The largest absolute Gasteiger partial charge is 0.433 e. The van der Waals surface area contributed by atoms with Gasteiger partial charge in [0.1, 0.15) is 12.6 Å². The highest BCUT2D eigenvalue weighted by Gasteiger charge is 2.38. The summed E-state index contributed by atoms with van der Waals surface area (Å²) in [6.07, 6.45) is 2.00. The number of alkyl halides is 2. The van der Waals surface area contributed by atoms with Crippen LogP contribution in [0.15, 0.2) is 18.2 Å². The molecule has 1 aromatic rings. The minimum absolute atomic E-state index is 0.0351. The molecule has 1 aliphatic heterocycles. The van der Waals surface area contributed by atoms with Gasteiger partial charge in [-0.25, -0.2) is 0 Å². The number of ether oxygens (including phenoxy) is 2. The normalized spacial score (nSPS) is 18.2. The molecule has 0 radical (unpaired) electrons. The van der Waals surface area contributed by atoms with Crippen molar-refractivity contribution < 1.29 is 27.8 Å². The van der Waals surface area contributed by atoms with Crippen LogP contribution in [0.3, 0.4) is 0 Å². The topological polar surface area (TPSA) is 97.1 Å². The standard InChI is InChI=1S/C22H32F2N4O4/c1-22(2,3)13-28(14-4-5-14)17(11-25)20(30)26-16-7-6-15(10-18(16)32-21(23)24)27-8-9-31-12-19(27)29/h6-7,10,14,17,21H,4-5,8-9,11-13,25H2,1-3H3,(H,26,30)/t17-/m1/s1. The van der Waals surface area contributed by atoms with Crippen LogP contribution >= 0.6 is 0 Å². The smallest absolute Gasteiger partial charge is 0.387 e. The molecule has 1 saturated heterocycles. The van der Waals surface area contributed by atoms with Crippen molar-refractivity contribution in [1.29, 1.82) is 0 Å². The molecule has 32 heavy (non-hydrogen) atoms. The molecule has 1 saturated carbocycles. The van der Waals surface area contributed by atoms with Gasteiger partial charge in [-0.1, -0.05) is 20.8 Å². The first-order chi connectivity index (χ1) is 15.1. The van der Waals surface area contributed by atoms with Crippen molar-refractivity contribution >= 4 is 23.2 Å². The zero-order valence-electron chi connectivity index (χ0n) is 18.8. The molecule has 0 spiro atoms. The maximum absolute atomic E-state index is 13.1. The van der Waals surface area contributed by atoms with Crippen molar-refractivity contribution in [2.45, 2.75) is 52.3 Å². The number of hydrogen-bond acceptors (Lipinski definition) is 6. The van der Waals surface area contributed by atoms with Crippen molar-refractivity contribution in [3.63, 3.8) is 0 Å². The average molecular weight is 455 g/mol. The summed E-state index contributed by atoms with van der Waals surface area (Å²) in [5, 5.41) is 2.71. The Kier molecular flexibility index (Phi) is 7.68. The predicted molar refractivity (Wildman–Crippen MR) is 117 cm³/mol. The van der Waals surface area contributed by atoms with Gasteiger partial charge in [0.05, 0.1) is 12.3 Å². The van der Waals surface area contributed by atoms with Crippen LogP contribution in [0.2, 0.25) is 0 Å². The number of amides is 2. The van der Waals surface area contributed by atoms with Crippen LogP contribution in [-0.2, 0) is 14.3 Å². The van der Waals surface area contributed by atoms with E-state index in [0.29, 0.717) is 31.4 Å². The Balaban J connectivity index is 1.82. The Morgan fingerprint density at radius 2 is 2.09 bits per heavy atom. The molecule has 2 aliphatic rings. The number of nitrogens with one attached hydrogen (secondary N) is 1. The Labute approximate surface area is 187 Å². The van der Waals surface area contributed by atoms with Crippen LogP contribution in [-0.4, -0.2) is 68.3 Å². The number of hydrogen-bond donors (Lipinski definition) is 2. The van der Waals surface area contributed by atoms with E-state index in [2.05, 4.69) is 35.7 Å². The molecule has 1 atom stereocenters. The third-order valence-corrected chi connectivity index (χ3v) is 5.34. The van der Waals surface area contributed by atoms with Crippen LogP contribution in [0.5, 0.6) is 5.75 Å². The van der Waals surface area contributed by atoms with Gasteiger partial charge in [0, 0.05) is 37.4 Å². The van der Waals surface area contributed by atoms with Crippen LogP contribution in [0.4, 0.5) is 20.2 Å².